The van der Waals surface area contributed by atoms with Crippen molar-refractivity contribution in [3.63, 3.8) is 0 Å². The van der Waals surface area contributed by atoms with E-state index >= 15 is 0 Å². The number of unbranched alkanes of at least 4 members (excludes halogenated alkanes) is 6. The molecule has 1 aromatic rings. The summed E-state index contributed by atoms with van der Waals surface area (Å²) in [6.45, 7) is 8.46. The Morgan fingerprint density at radius 2 is 1.71 bits per heavy atom. The lowest BCUT2D eigenvalue weighted by atomic mass is 9.97. The molecule has 8 heteroatoms. The molecule has 1 aliphatic heterocycles. The molecule has 2 heterocycles. The largest absolute Gasteiger partial charge is 0.342 e. The molecule has 0 aliphatic carbocycles. The van der Waals surface area contributed by atoms with Gasteiger partial charge in [-0.3, -0.25) is 9.48 Å². The summed E-state index contributed by atoms with van der Waals surface area (Å²) in [5, 5.41) is 4.09. The molecular weight excluding hydrogens is 412 g/mol. The Labute approximate surface area is 189 Å². The van der Waals surface area contributed by atoms with Gasteiger partial charge < -0.3 is 4.90 Å². The summed E-state index contributed by atoms with van der Waals surface area (Å²) < 4.78 is 29.5. The van der Waals surface area contributed by atoms with E-state index in [2.05, 4.69) is 18.9 Å². The lowest BCUT2D eigenvalue weighted by molar-refractivity contribution is -0.136. The van der Waals surface area contributed by atoms with E-state index in [1.165, 1.54) is 36.2 Å². The van der Waals surface area contributed by atoms with Crippen LogP contribution >= 0.6 is 0 Å². The van der Waals surface area contributed by atoms with E-state index in [0.29, 0.717) is 18.7 Å². The normalized spacial score (nSPS) is 17.7. The Bertz CT molecular complexity index is 779. The number of sulfonamides is 1. The maximum atomic E-state index is 13.4. The van der Waals surface area contributed by atoms with Crippen molar-refractivity contribution in [2.75, 3.05) is 26.2 Å². The van der Waals surface area contributed by atoms with E-state index in [1.807, 2.05) is 4.90 Å². The fraction of sp³-hybridized carbons (Fsp3) is 0.826. The average molecular weight is 455 g/mol. The average Bonchev–Trinajstić information content (AvgIpc) is 3.11. The second-order valence-corrected chi connectivity index (χ2v) is 10.8. The SMILES string of the molecule is CCCCCCN(CCCCCC)C(=O)[C@@H]1CCCN(S(=O)(=O)c2cnn(C)c2C)C1. The first kappa shape index (κ1) is 25.8. The van der Waals surface area contributed by atoms with Crippen LogP contribution < -0.4 is 0 Å². The van der Waals surface area contributed by atoms with Gasteiger partial charge in [-0.25, -0.2) is 8.42 Å². The summed E-state index contributed by atoms with van der Waals surface area (Å²) in [7, 11) is -1.89. The third-order valence-corrected chi connectivity index (χ3v) is 8.38. The number of amides is 1. The van der Waals surface area contributed by atoms with Crippen molar-refractivity contribution >= 4 is 15.9 Å². The van der Waals surface area contributed by atoms with E-state index < -0.39 is 10.0 Å². The monoisotopic (exact) mass is 454 g/mol. The van der Waals surface area contributed by atoms with Crippen molar-refractivity contribution < 1.29 is 13.2 Å². The number of carbonyl (C=O) groups is 1. The Morgan fingerprint density at radius 1 is 1.10 bits per heavy atom. The standard InChI is InChI=1S/C23H42N4O3S/c1-5-7-9-11-15-26(16-12-10-8-6-2)23(28)21-14-13-17-27(19-21)31(29,30)22-18-24-25(4)20(22)3/h18,21H,5-17,19H2,1-4H3/t21-/m1/s1. The van der Waals surface area contributed by atoms with E-state index in [9.17, 15) is 13.2 Å². The number of rotatable bonds is 13. The minimum absolute atomic E-state index is 0.135. The molecule has 0 spiro atoms. The summed E-state index contributed by atoms with van der Waals surface area (Å²) in [6, 6.07) is 0. The molecule has 178 valence electrons. The number of hydrogen-bond donors (Lipinski definition) is 0. The molecule has 31 heavy (non-hydrogen) atoms. The summed E-state index contributed by atoms with van der Waals surface area (Å²) in [6.07, 6.45) is 12.0. The number of hydrogen-bond acceptors (Lipinski definition) is 4. The van der Waals surface area contributed by atoms with Crippen LogP contribution in [-0.4, -0.2) is 59.5 Å². The zero-order chi connectivity index (χ0) is 22.9. The summed E-state index contributed by atoms with van der Waals surface area (Å²) in [5.74, 6) is -0.117. The highest BCUT2D eigenvalue weighted by atomic mass is 32.2. The number of nitrogens with zero attached hydrogens (tertiary/aromatic N) is 4. The third kappa shape index (κ3) is 7.04. The summed E-state index contributed by atoms with van der Waals surface area (Å²) in [4.78, 5) is 15.7. The van der Waals surface area contributed by atoms with Gasteiger partial charge in [0.1, 0.15) is 4.90 Å². The Morgan fingerprint density at radius 3 is 2.23 bits per heavy atom. The number of aromatic nitrogens is 2. The Kier molecular flexibility index (Phi) is 10.5. The van der Waals surface area contributed by atoms with Crippen LogP contribution in [0.4, 0.5) is 0 Å². The van der Waals surface area contributed by atoms with Crippen LogP contribution in [0.15, 0.2) is 11.1 Å². The van der Waals surface area contributed by atoms with Gasteiger partial charge in [-0.05, 0) is 32.6 Å². The van der Waals surface area contributed by atoms with E-state index in [0.717, 1.165) is 45.2 Å². The van der Waals surface area contributed by atoms with E-state index in [-0.39, 0.29) is 23.3 Å². The van der Waals surface area contributed by atoms with Crippen LogP contribution in [0.25, 0.3) is 0 Å². The molecule has 0 aromatic carbocycles. The molecule has 0 saturated carbocycles. The van der Waals surface area contributed by atoms with Crippen molar-refractivity contribution in [2.24, 2.45) is 13.0 Å². The van der Waals surface area contributed by atoms with E-state index in [1.54, 1.807) is 18.7 Å². The first-order valence-electron chi connectivity index (χ1n) is 12.1. The number of aryl methyl sites for hydroxylation is 1. The predicted octanol–water partition coefficient (Wildman–Crippen LogP) is 4.12. The first-order chi connectivity index (χ1) is 14.8. The van der Waals surface area contributed by atoms with Gasteiger partial charge in [0.2, 0.25) is 15.9 Å². The van der Waals surface area contributed by atoms with Crippen molar-refractivity contribution in [1.82, 2.24) is 19.0 Å². The van der Waals surface area contributed by atoms with Crippen molar-refractivity contribution in [1.29, 1.82) is 0 Å². The Hall–Kier alpha value is -1.41. The molecule has 0 N–H and O–H groups in total. The van der Waals surface area contributed by atoms with Gasteiger partial charge in [0, 0.05) is 33.2 Å². The molecule has 1 aliphatic rings. The highest BCUT2D eigenvalue weighted by Gasteiger charge is 2.36. The highest BCUT2D eigenvalue weighted by Crippen LogP contribution is 2.26. The number of carbonyl (C=O) groups excluding carboxylic acids is 1. The van der Waals surface area contributed by atoms with Crippen LogP contribution in [-0.2, 0) is 21.9 Å². The van der Waals surface area contributed by atoms with Crippen LogP contribution in [0.1, 0.15) is 83.7 Å². The predicted molar refractivity (Wildman–Crippen MR) is 124 cm³/mol. The van der Waals surface area contributed by atoms with Crippen LogP contribution in [0.3, 0.4) is 0 Å². The number of piperidine rings is 1. The van der Waals surface area contributed by atoms with Crippen LogP contribution in [0.2, 0.25) is 0 Å². The molecule has 0 radical (unpaired) electrons. The second kappa shape index (κ2) is 12.6. The minimum atomic E-state index is -3.63. The molecule has 0 unspecified atom stereocenters. The maximum Gasteiger partial charge on any atom is 0.246 e. The molecule has 1 amide bonds. The van der Waals surface area contributed by atoms with Crippen molar-refractivity contribution in [3.05, 3.63) is 11.9 Å². The van der Waals surface area contributed by atoms with Crippen LogP contribution in [0, 0.1) is 12.8 Å². The van der Waals surface area contributed by atoms with Crippen molar-refractivity contribution in [2.45, 2.75) is 89.9 Å². The maximum absolute atomic E-state index is 13.4. The van der Waals surface area contributed by atoms with Crippen molar-refractivity contribution in [3.8, 4) is 0 Å². The molecule has 1 atom stereocenters. The van der Waals surface area contributed by atoms with Gasteiger partial charge in [0.15, 0.2) is 0 Å². The van der Waals surface area contributed by atoms with Gasteiger partial charge in [0.05, 0.1) is 17.8 Å². The van der Waals surface area contributed by atoms with Gasteiger partial charge in [0.25, 0.3) is 0 Å². The molecule has 0 bridgehead atoms. The topological polar surface area (TPSA) is 75.5 Å². The first-order valence-corrected chi connectivity index (χ1v) is 13.5. The van der Waals surface area contributed by atoms with Crippen LogP contribution in [0.5, 0.6) is 0 Å². The van der Waals surface area contributed by atoms with Gasteiger partial charge in [-0.2, -0.15) is 9.40 Å². The summed E-state index contributed by atoms with van der Waals surface area (Å²) in [5.41, 5.74) is 0.627. The quantitative estimate of drug-likeness (QED) is 0.420. The molecule has 2 rings (SSSR count). The molecular formula is C23H42N4O3S. The smallest absolute Gasteiger partial charge is 0.246 e. The molecule has 7 nitrogen and oxygen atoms in total. The molecule has 1 fully saturated rings. The van der Waals surface area contributed by atoms with Gasteiger partial charge >= 0.3 is 0 Å². The van der Waals surface area contributed by atoms with Gasteiger partial charge in [-0.1, -0.05) is 52.4 Å². The zero-order valence-corrected chi connectivity index (χ0v) is 20.8. The van der Waals surface area contributed by atoms with E-state index in [4.69, 9.17) is 0 Å². The fourth-order valence-electron chi connectivity index (χ4n) is 4.28. The molecule has 1 saturated heterocycles. The minimum Gasteiger partial charge on any atom is -0.342 e. The lowest BCUT2D eigenvalue weighted by Gasteiger charge is -2.34. The fourth-order valence-corrected chi connectivity index (χ4v) is 5.99. The zero-order valence-electron chi connectivity index (χ0n) is 20.0. The van der Waals surface area contributed by atoms with Gasteiger partial charge in [-0.15, -0.1) is 0 Å². The third-order valence-electron chi connectivity index (χ3n) is 6.42. The summed E-state index contributed by atoms with van der Waals surface area (Å²) >= 11 is 0. The highest BCUT2D eigenvalue weighted by molar-refractivity contribution is 7.89. The molecule has 1 aromatic heterocycles. The lowest BCUT2D eigenvalue weighted by Crippen LogP contribution is -2.47. The second-order valence-electron chi connectivity index (χ2n) is 8.87. The Balaban J connectivity index is 2.06.